The van der Waals surface area contributed by atoms with Crippen molar-refractivity contribution in [3.8, 4) is 45.0 Å². The summed E-state index contributed by atoms with van der Waals surface area (Å²) in [4.78, 5) is 11.5. The minimum Gasteiger partial charge on any atom is -0.317 e. The molecule has 5 heteroatoms. The van der Waals surface area contributed by atoms with Gasteiger partial charge in [-0.3, -0.25) is 9.97 Å². The summed E-state index contributed by atoms with van der Waals surface area (Å²) in [5.74, 6) is 0. The number of anilines is 3. The Morgan fingerprint density at radius 3 is 1.41 bits per heavy atom. The Morgan fingerprint density at radius 2 is 0.847 bits per heavy atom. The summed E-state index contributed by atoms with van der Waals surface area (Å²) in [5.41, 5.74) is 15.4. The zero-order chi connectivity index (χ0) is 39.1. The van der Waals surface area contributed by atoms with Gasteiger partial charge in [-0.25, -0.2) is 0 Å². The topological polar surface area (TPSA) is 38.9 Å². The maximum atomic E-state index is 4.58. The molecule has 0 atom stereocenters. The molecule has 7 aromatic carbocycles. The van der Waals surface area contributed by atoms with Crippen molar-refractivity contribution >= 4 is 49.8 Å². The van der Waals surface area contributed by atoms with Crippen LogP contribution in [0.5, 0.6) is 0 Å². The predicted molar refractivity (Wildman–Crippen MR) is 244 cm³/mol. The Hall–Kier alpha value is -8.02. The van der Waals surface area contributed by atoms with Crippen LogP contribution < -0.4 is 4.90 Å². The molecular formula is C54H37N5. The van der Waals surface area contributed by atoms with E-state index in [0.29, 0.717) is 0 Å². The number of benzene rings is 7. The minimum atomic E-state index is 0.952. The molecule has 5 nitrogen and oxygen atoms in total. The van der Waals surface area contributed by atoms with Gasteiger partial charge in [0.1, 0.15) is 0 Å². The van der Waals surface area contributed by atoms with Crippen molar-refractivity contribution in [1.29, 1.82) is 0 Å². The highest BCUT2D eigenvalue weighted by molar-refractivity contribution is 6.21. The molecule has 0 saturated carbocycles. The monoisotopic (exact) mass is 755 g/mol. The van der Waals surface area contributed by atoms with E-state index >= 15 is 0 Å². The van der Waals surface area contributed by atoms with Crippen molar-refractivity contribution in [3.63, 3.8) is 0 Å². The molecule has 0 radical (unpaired) electrons. The van der Waals surface area contributed by atoms with Gasteiger partial charge in [0.2, 0.25) is 0 Å². The summed E-state index contributed by atoms with van der Waals surface area (Å²) >= 11 is 0. The fraction of sp³-hybridized carbons (Fsp3) is 0. The Labute approximate surface area is 342 Å². The second-order valence-corrected chi connectivity index (χ2v) is 14.7. The van der Waals surface area contributed by atoms with Crippen LogP contribution in [0.15, 0.2) is 225 Å². The number of hydrogen-bond acceptors (Lipinski definition) is 3. The highest BCUT2D eigenvalue weighted by Gasteiger charge is 2.19. The molecule has 0 aliphatic carbocycles. The SMILES string of the molecule is c1ccc(-n2ccc3c4c5cc(-c6ccc(N(c7ccc(-c8ccccn8)cc7)c7ccc(-c8ccccn8)cc7)cc6)ccc5n(-c5ccccc5)c4ccc32)cc1. The van der Waals surface area contributed by atoms with Gasteiger partial charge in [-0.2, -0.15) is 0 Å². The largest absolute Gasteiger partial charge is 0.317 e. The number of hydrogen-bond donors (Lipinski definition) is 0. The summed E-state index contributed by atoms with van der Waals surface area (Å²) < 4.78 is 4.68. The zero-order valence-corrected chi connectivity index (χ0v) is 32.1. The molecule has 0 fully saturated rings. The van der Waals surface area contributed by atoms with E-state index in [0.717, 1.165) is 56.5 Å². The molecule has 0 unspecified atom stereocenters. The van der Waals surface area contributed by atoms with Gasteiger partial charge in [0.15, 0.2) is 0 Å². The van der Waals surface area contributed by atoms with Gasteiger partial charge in [0.05, 0.1) is 27.9 Å². The average molecular weight is 756 g/mol. The van der Waals surface area contributed by atoms with Gasteiger partial charge in [-0.15, -0.1) is 0 Å². The molecule has 0 aliphatic rings. The van der Waals surface area contributed by atoms with Crippen LogP contribution in [0.2, 0.25) is 0 Å². The fourth-order valence-corrected chi connectivity index (χ4v) is 8.46. The van der Waals surface area contributed by atoms with Crippen LogP contribution in [-0.2, 0) is 0 Å². The van der Waals surface area contributed by atoms with E-state index in [2.05, 4.69) is 200 Å². The number of nitrogens with zero attached hydrogens (tertiary/aromatic N) is 5. The first kappa shape index (κ1) is 34.2. The number of fused-ring (bicyclic) bond motifs is 5. The molecular weight excluding hydrogens is 719 g/mol. The molecule has 0 aliphatic heterocycles. The van der Waals surface area contributed by atoms with Crippen molar-refractivity contribution in [2.75, 3.05) is 4.90 Å². The van der Waals surface area contributed by atoms with Crippen molar-refractivity contribution < 1.29 is 0 Å². The number of para-hydroxylation sites is 2. The molecule has 4 aromatic heterocycles. The third kappa shape index (κ3) is 6.13. The van der Waals surface area contributed by atoms with Crippen LogP contribution in [0, 0.1) is 0 Å². The van der Waals surface area contributed by atoms with E-state index < -0.39 is 0 Å². The van der Waals surface area contributed by atoms with Crippen molar-refractivity contribution in [2.24, 2.45) is 0 Å². The first-order chi connectivity index (χ1) is 29.3. The standard InChI is InChI=1S/C54H37N5/c1-3-11-42(12-4-1)57-36-33-47-51(57)31-32-53-54(47)48-37-41(23-30-52(48)59(53)43-13-5-2-6-14-43)38-17-24-44(25-18-38)58(45-26-19-39(20-27-45)49-15-7-9-34-55-49)46-28-21-40(22-29-46)50-16-8-10-35-56-50/h1-37H. The number of aromatic nitrogens is 4. The smallest absolute Gasteiger partial charge is 0.0701 e. The van der Waals surface area contributed by atoms with E-state index in [-0.39, 0.29) is 0 Å². The molecule has 0 amide bonds. The zero-order valence-electron chi connectivity index (χ0n) is 32.1. The lowest BCUT2D eigenvalue weighted by atomic mass is 10.0. The van der Waals surface area contributed by atoms with Gasteiger partial charge in [-0.1, -0.05) is 91.0 Å². The maximum absolute atomic E-state index is 4.58. The average Bonchev–Trinajstić information content (AvgIpc) is 3.90. The van der Waals surface area contributed by atoms with Crippen molar-refractivity contribution in [2.45, 2.75) is 0 Å². The van der Waals surface area contributed by atoms with Crippen LogP contribution >= 0.6 is 0 Å². The molecule has 0 spiro atoms. The van der Waals surface area contributed by atoms with Gasteiger partial charge in [0.25, 0.3) is 0 Å². The molecule has 0 saturated heterocycles. The van der Waals surface area contributed by atoms with Crippen LogP contribution in [0.1, 0.15) is 0 Å². The Morgan fingerprint density at radius 1 is 0.356 bits per heavy atom. The summed E-state index contributed by atoms with van der Waals surface area (Å²) in [6.45, 7) is 0. The molecule has 0 bridgehead atoms. The number of pyridine rings is 2. The van der Waals surface area contributed by atoms with E-state index in [1.807, 2.05) is 48.8 Å². The highest BCUT2D eigenvalue weighted by atomic mass is 15.1. The van der Waals surface area contributed by atoms with Gasteiger partial charge in [-0.05, 0) is 126 Å². The van der Waals surface area contributed by atoms with Crippen LogP contribution in [0.25, 0.3) is 77.7 Å². The molecule has 59 heavy (non-hydrogen) atoms. The quantitative estimate of drug-likeness (QED) is 0.155. The Kier molecular flexibility index (Phi) is 8.41. The summed E-state index contributed by atoms with van der Waals surface area (Å²) in [6.07, 6.45) is 5.86. The number of rotatable bonds is 8. The molecule has 11 rings (SSSR count). The lowest BCUT2D eigenvalue weighted by molar-refractivity contribution is 1.13. The van der Waals surface area contributed by atoms with Gasteiger partial charge >= 0.3 is 0 Å². The minimum absolute atomic E-state index is 0.952. The summed E-state index contributed by atoms with van der Waals surface area (Å²) in [7, 11) is 0. The molecule has 278 valence electrons. The third-order valence-corrected chi connectivity index (χ3v) is 11.3. The maximum Gasteiger partial charge on any atom is 0.0701 e. The molecule has 4 heterocycles. The molecule has 0 N–H and O–H groups in total. The second kappa shape index (κ2) is 14.5. The Balaban J connectivity index is 1.02. The van der Waals surface area contributed by atoms with E-state index in [1.54, 1.807) is 0 Å². The third-order valence-electron chi connectivity index (χ3n) is 11.3. The predicted octanol–water partition coefficient (Wildman–Crippen LogP) is 14.0. The second-order valence-electron chi connectivity index (χ2n) is 14.7. The summed E-state index contributed by atoms with van der Waals surface area (Å²) in [5, 5.41) is 3.71. The highest BCUT2D eigenvalue weighted by Crippen LogP contribution is 2.41. The van der Waals surface area contributed by atoms with Gasteiger partial charge < -0.3 is 14.0 Å². The van der Waals surface area contributed by atoms with E-state index in [9.17, 15) is 0 Å². The lowest BCUT2D eigenvalue weighted by Gasteiger charge is -2.26. The summed E-state index contributed by atoms with van der Waals surface area (Å²) in [6, 6.07) is 73.2. The molecule has 11 aromatic rings. The Bertz CT molecular complexity index is 3130. The first-order valence-corrected chi connectivity index (χ1v) is 19.9. The van der Waals surface area contributed by atoms with Crippen molar-refractivity contribution in [1.82, 2.24) is 19.1 Å². The normalized spacial score (nSPS) is 11.4. The van der Waals surface area contributed by atoms with Gasteiger partial charge in [0, 0.05) is 74.3 Å². The fourth-order valence-electron chi connectivity index (χ4n) is 8.46. The van der Waals surface area contributed by atoms with Crippen molar-refractivity contribution in [3.05, 3.63) is 225 Å². The first-order valence-electron chi connectivity index (χ1n) is 19.9. The van der Waals surface area contributed by atoms with Crippen LogP contribution in [0.4, 0.5) is 17.1 Å². The lowest BCUT2D eigenvalue weighted by Crippen LogP contribution is -2.09. The van der Waals surface area contributed by atoms with Crippen LogP contribution in [-0.4, -0.2) is 19.1 Å². The van der Waals surface area contributed by atoms with Crippen LogP contribution in [0.3, 0.4) is 0 Å². The van der Waals surface area contributed by atoms with E-state index in [1.165, 1.54) is 38.3 Å². The van der Waals surface area contributed by atoms with E-state index in [4.69, 9.17) is 0 Å².